The van der Waals surface area contributed by atoms with Crippen molar-refractivity contribution in [3.05, 3.63) is 35.4 Å². The van der Waals surface area contributed by atoms with E-state index in [2.05, 4.69) is 38.1 Å². The van der Waals surface area contributed by atoms with E-state index in [4.69, 9.17) is 4.98 Å². The van der Waals surface area contributed by atoms with Crippen LogP contribution in [0.5, 0.6) is 0 Å². The van der Waals surface area contributed by atoms with Crippen molar-refractivity contribution >= 4 is 22.6 Å². The largest absolute Gasteiger partial charge is 0.296 e. The van der Waals surface area contributed by atoms with Gasteiger partial charge in [0.1, 0.15) is 5.82 Å². The molecule has 0 saturated heterocycles. The number of hydrogen-bond acceptors (Lipinski definition) is 2. The Morgan fingerprint density at radius 3 is 3.00 bits per heavy atom. The Balaban J connectivity index is 1.97. The number of benzene rings is 1. The van der Waals surface area contributed by atoms with Crippen molar-refractivity contribution in [1.82, 2.24) is 4.98 Å². The number of carbonyl (C=O) groups is 1. The molecular formula is C17H20N2O. The van der Waals surface area contributed by atoms with Gasteiger partial charge >= 0.3 is 0 Å². The fraction of sp³-hybridized carbons (Fsp3) is 0.412. The molecule has 2 heterocycles. The molecule has 2 aromatic rings. The Bertz CT molecular complexity index is 663. The van der Waals surface area contributed by atoms with Crippen molar-refractivity contribution in [2.24, 2.45) is 0 Å². The first kappa shape index (κ1) is 13.1. The zero-order chi connectivity index (χ0) is 14.1. The van der Waals surface area contributed by atoms with Gasteiger partial charge in [-0.25, -0.2) is 4.98 Å². The number of carbonyl (C=O) groups excluding carboxylic acids is 1. The smallest absolute Gasteiger partial charge is 0.228 e. The van der Waals surface area contributed by atoms with Crippen molar-refractivity contribution in [3.63, 3.8) is 0 Å². The molecule has 1 aromatic heterocycles. The first-order valence-corrected chi connectivity index (χ1v) is 7.39. The summed E-state index contributed by atoms with van der Waals surface area (Å²) in [5.74, 6) is 1.09. The summed E-state index contributed by atoms with van der Waals surface area (Å²) >= 11 is 0. The zero-order valence-electron chi connectivity index (χ0n) is 12.1. The van der Waals surface area contributed by atoms with E-state index in [1.807, 2.05) is 4.90 Å². The van der Waals surface area contributed by atoms with E-state index < -0.39 is 0 Å². The van der Waals surface area contributed by atoms with Crippen molar-refractivity contribution in [1.29, 1.82) is 0 Å². The molecular weight excluding hydrogens is 248 g/mol. The number of nitrogens with zero attached hydrogens (tertiary/aromatic N) is 2. The van der Waals surface area contributed by atoms with Crippen LogP contribution in [0.3, 0.4) is 0 Å². The lowest BCUT2D eigenvalue weighted by Gasteiger charge is -2.16. The maximum Gasteiger partial charge on any atom is 0.228 e. The van der Waals surface area contributed by atoms with Gasteiger partial charge in [-0.3, -0.25) is 9.69 Å². The minimum Gasteiger partial charge on any atom is -0.296 e. The predicted molar refractivity (Wildman–Crippen MR) is 82.1 cm³/mol. The molecule has 0 atom stereocenters. The summed E-state index contributed by atoms with van der Waals surface area (Å²) in [6.45, 7) is 4.96. The highest BCUT2D eigenvalue weighted by molar-refractivity contribution is 5.96. The van der Waals surface area contributed by atoms with Crippen LogP contribution in [0.4, 0.5) is 5.82 Å². The summed E-state index contributed by atoms with van der Waals surface area (Å²) in [6, 6.07) is 8.49. The number of anilines is 1. The molecule has 3 nitrogen and oxygen atoms in total. The molecule has 0 bridgehead atoms. The molecule has 1 amide bonds. The summed E-state index contributed by atoms with van der Waals surface area (Å²) in [5, 5.41) is 1.16. The molecule has 0 radical (unpaired) electrons. The normalized spacial score (nSPS) is 13.8. The maximum absolute atomic E-state index is 12.3. The molecule has 0 N–H and O–H groups in total. The van der Waals surface area contributed by atoms with Crippen molar-refractivity contribution in [2.75, 3.05) is 11.4 Å². The van der Waals surface area contributed by atoms with Gasteiger partial charge < -0.3 is 0 Å². The fourth-order valence-electron chi connectivity index (χ4n) is 2.77. The summed E-state index contributed by atoms with van der Waals surface area (Å²) in [6.07, 6.45) is 3.56. The van der Waals surface area contributed by atoms with E-state index in [9.17, 15) is 4.79 Å². The molecule has 3 heteroatoms. The van der Waals surface area contributed by atoms with Crippen LogP contribution in [0.1, 0.15) is 37.3 Å². The lowest BCUT2D eigenvalue weighted by Crippen LogP contribution is -2.29. The van der Waals surface area contributed by atoms with E-state index >= 15 is 0 Å². The quantitative estimate of drug-likeness (QED) is 0.851. The van der Waals surface area contributed by atoms with Crippen LogP contribution < -0.4 is 4.90 Å². The molecule has 104 valence electrons. The Hall–Kier alpha value is -1.90. The summed E-state index contributed by atoms with van der Waals surface area (Å²) in [4.78, 5) is 18.9. The molecule has 20 heavy (non-hydrogen) atoms. The lowest BCUT2D eigenvalue weighted by molar-refractivity contribution is -0.118. The Morgan fingerprint density at radius 1 is 1.35 bits per heavy atom. The van der Waals surface area contributed by atoms with Crippen molar-refractivity contribution < 1.29 is 4.79 Å². The maximum atomic E-state index is 12.3. The zero-order valence-corrected chi connectivity index (χ0v) is 12.1. The average Bonchev–Trinajstić information content (AvgIpc) is 2.85. The molecule has 1 aliphatic rings. The standard InChI is InChI=1S/C17H20N2O/c1-3-4-5-16(20)19-9-8-14-11-13-7-6-12(2)10-15(13)18-17(14)19/h6-7,10-11H,3-5,8-9H2,1-2H3. The van der Waals surface area contributed by atoms with Gasteiger partial charge in [-0.05, 0) is 43.0 Å². The molecule has 0 aliphatic carbocycles. The third kappa shape index (κ3) is 2.28. The number of pyridine rings is 1. The van der Waals surface area contributed by atoms with Crippen LogP contribution in [0.25, 0.3) is 10.9 Å². The fourth-order valence-corrected chi connectivity index (χ4v) is 2.77. The van der Waals surface area contributed by atoms with Crippen LogP contribution in [0.2, 0.25) is 0 Å². The number of aromatic nitrogens is 1. The Morgan fingerprint density at radius 2 is 2.20 bits per heavy atom. The molecule has 1 aliphatic heterocycles. The number of rotatable bonds is 3. The van der Waals surface area contributed by atoms with Gasteiger partial charge in [0.05, 0.1) is 5.52 Å². The van der Waals surface area contributed by atoms with Gasteiger partial charge in [0.15, 0.2) is 0 Å². The van der Waals surface area contributed by atoms with Crippen LogP contribution in [-0.4, -0.2) is 17.4 Å². The molecule has 0 spiro atoms. The summed E-state index contributed by atoms with van der Waals surface area (Å²) in [5.41, 5.74) is 3.39. The third-order valence-electron chi connectivity index (χ3n) is 3.93. The van der Waals surface area contributed by atoms with E-state index in [1.165, 1.54) is 11.1 Å². The topological polar surface area (TPSA) is 33.2 Å². The van der Waals surface area contributed by atoms with E-state index in [0.717, 1.165) is 42.5 Å². The SMILES string of the molecule is CCCCC(=O)N1CCc2cc3ccc(C)cc3nc21. The molecule has 0 unspecified atom stereocenters. The molecule has 3 rings (SSSR count). The van der Waals surface area contributed by atoms with Gasteiger partial charge in [-0.15, -0.1) is 0 Å². The van der Waals surface area contributed by atoms with Gasteiger partial charge in [-0.1, -0.05) is 25.5 Å². The second-order valence-corrected chi connectivity index (χ2v) is 5.57. The van der Waals surface area contributed by atoms with Crippen LogP contribution >= 0.6 is 0 Å². The number of amides is 1. The van der Waals surface area contributed by atoms with E-state index in [-0.39, 0.29) is 5.91 Å². The highest BCUT2D eigenvalue weighted by atomic mass is 16.2. The van der Waals surface area contributed by atoms with Gasteiger partial charge in [-0.2, -0.15) is 0 Å². The van der Waals surface area contributed by atoms with Gasteiger partial charge in [0.25, 0.3) is 0 Å². The highest BCUT2D eigenvalue weighted by Crippen LogP contribution is 2.30. The van der Waals surface area contributed by atoms with Crippen LogP contribution in [0.15, 0.2) is 24.3 Å². The Kier molecular flexibility index (Phi) is 3.43. The number of fused-ring (bicyclic) bond motifs is 2. The number of unbranched alkanes of at least 4 members (excludes halogenated alkanes) is 1. The summed E-state index contributed by atoms with van der Waals surface area (Å²) < 4.78 is 0. The monoisotopic (exact) mass is 268 g/mol. The molecule has 0 saturated carbocycles. The summed E-state index contributed by atoms with van der Waals surface area (Å²) in [7, 11) is 0. The van der Waals surface area contributed by atoms with Crippen molar-refractivity contribution in [3.8, 4) is 0 Å². The van der Waals surface area contributed by atoms with E-state index in [0.29, 0.717) is 6.42 Å². The van der Waals surface area contributed by atoms with Crippen LogP contribution in [-0.2, 0) is 11.2 Å². The first-order chi connectivity index (χ1) is 9.69. The molecule has 0 fully saturated rings. The Labute approximate surface area is 119 Å². The number of aryl methyl sites for hydroxylation is 1. The first-order valence-electron chi connectivity index (χ1n) is 7.39. The minimum absolute atomic E-state index is 0.213. The second-order valence-electron chi connectivity index (χ2n) is 5.57. The van der Waals surface area contributed by atoms with Gasteiger partial charge in [0.2, 0.25) is 5.91 Å². The lowest BCUT2D eigenvalue weighted by atomic mass is 10.1. The van der Waals surface area contributed by atoms with E-state index in [1.54, 1.807) is 0 Å². The molecule has 1 aromatic carbocycles. The average molecular weight is 268 g/mol. The van der Waals surface area contributed by atoms with Crippen LogP contribution in [0, 0.1) is 6.92 Å². The van der Waals surface area contributed by atoms with Gasteiger partial charge in [0, 0.05) is 18.4 Å². The highest BCUT2D eigenvalue weighted by Gasteiger charge is 2.25. The predicted octanol–water partition coefficient (Wildman–Crippen LogP) is 3.62. The third-order valence-corrected chi connectivity index (χ3v) is 3.93. The number of hydrogen-bond donors (Lipinski definition) is 0. The minimum atomic E-state index is 0.213. The second kappa shape index (κ2) is 5.23. The van der Waals surface area contributed by atoms with Crippen molar-refractivity contribution in [2.45, 2.75) is 39.5 Å².